The summed E-state index contributed by atoms with van der Waals surface area (Å²) in [4.78, 5) is 7.56. The van der Waals surface area contributed by atoms with Crippen molar-refractivity contribution in [3.8, 4) is 17.0 Å². The Labute approximate surface area is 177 Å². The van der Waals surface area contributed by atoms with Gasteiger partial charge in [0.1, 0.15) is 10.8 Å². The second-order valence-corrected chi connectivity index (χ2v) is 9.61. The van der Waals surface area contributed by atoms with E-state index in [2.05, 4.69) is 39.2 Å². The predicted octanol–water partition coefficient (Wildman–Crippen LogP) is 5.95. The topological polar surface area (TPSA) is 30.3 Å². The monoisotopic (exact) mass is 409 g/mol. The Morgan fingerprint density at radius 2 is 1.93 bits per heavy atom. The van der Waals surface area contributed by atoms with Gasteiger partial charge in [0, 0.05) is 29.1 Å². The van der Waals surface area contributed by atoms with Crippen molar-refractivity contribution in [3.05, 3.63) is 34.8 Å². The molecule has 0 radical (unpaired) electrons. The first-order valence-electron chi connectivity index (χ1n) is 11.1. The van der Waals surface area contributed by atoms with Crippen molar-refractivity contribution in [1.82, 2.24) is 14.5 Å². The lowest BCUT2D eigenvalue weighted by Gasteiger charge is -2.22. The van der Waals surface area contributed by atoms with Crippen LogP contribution in [0.1, 0.15) is 50.0 Å². The summed E-state index contributed by atoms with van der Waals surface area (Å²) in [6, 6.07) is 6.42. The molecular formula is C24H31N3OS. The highest BCUT2D eigenvalue weighted by molar-refractivity contribution is 7.09. The molecule has 1 aromatic carbocycles. The molecule has 2 fully saturated rings. The lowest BCUT2D eigenvalue weighted by molar-refractivity contribution is 0.321. The summed E-state index contributed by atoms with van der Waals surface area (Å²) in [5.41, 5.74) is 3.59. The van der Waals surface area contributed by atoms with Gasteiger partial charge in [-0.2, -0.15) is 0 Å². The van der Waals surface area contributed by atoms with Crippen LogP contribution in [-0.4, -0.2) is 34.7 Å². The third-order valence-electron chi connectivity index (χ3n) is 6.65. The first-order chi connectivity index (χ1) is 14.3. The summed E-state index contributed by atoms with van der Waals surface area (Å²) in [6.07, 6.45) is 11.8. The number of hydrogen-bond donors (Lipinski definition) is 0. The number of thiazole rings is 1. The molecule has 3 aromatic rings. The van der Waals surface area contributed by atoms with Crippen LogP contribution in [0.25, 0.3) is 22.2 Å². The highest BCUT2D eigenvalue weighted by Crippen LogP contribution is 2.37. The van der Waals surface area contributed by atoms with E-state index in [1.165, 1.54) is 79.5 Å². The van der Waals surface area contributed by atoms with Crippen LogP contribution in [0.3, 0.4) is 0 Å². The maximum absolute atomic E-state index is 5.76. The number of hydrogen-bond acceptors (Lipinski definition) is 4. The van der Waals surface area contributed by atoms with Gasteiger partial charge in [-0.3, -0.25) is 4.90 Å². The van der Waals surface area contributed by atoms with Gasteiger partial charge in [0.15, 0.2) is 0 Å². The quantitative estimate of drug-likeness (QED) is 0.504. The molecule has 5 heteroatoms. The van der Waals surface area contributed by atoms with Gasteiger partial charge in [0.25, 0.3) is 0 Å². The first kappa shape index (κ1) is 19.1. The van der Waals surface area contributed by atoms with Gasteiger partial charge in [0.2, 0.25) is 0 Å². The average molecular weight is 410 g/mol. The maximum atomic E-state index is 5.76. The Hall–Kier alpha value is -1.85. The fraction of sp³-hybridized carbons (Fsp3) is 0.542. The van der Waals surface area contributed by atoms with Crippen LogP contribution in [0, 0.1) is 5.92 Å². The molecule has 2 aliphatic rings. The van der Waals surface area contributed by atoms with Gasteiger partial charge in [-0.15, -0.1) is 11.3 Å². The fourth-order valence-electron chi connectivity index (χ4n) is 5.13. The van der Waals surface area contributed by atoms with Gasteiger partial charge in [-0.25, -0.2) is 4.98 Å². The number of aromatic nitrogens is 2. The van der Waals surface area contributed by atoms with E-state index in [0.717, 1.165) is 30.5 Å². The van der Waals surface area contributed by atoms with Crippen molar-refractivity contribution in [3.63, 3.8) is 0 Å². The van der Waals surface area contributed by atoms with E-state index >= 15 is 0 Å². The van der Waals surface area contributed by atoms with Crippen molar-refractivity contribution in [2.75, 3.05) is 20.2 Å². The minimum atomic E-state index is 0.776. The van der Waals surface area contributed by atoms with Crippen LogP contribution in [0.5, 0.6) is 5.75 Å². The van der Waals surface area contributed by atoms with Crippen molar-refractivity contribution in [1.29, 1.82) is 0 Å². The van der Waals surface area contributed by atoms with E-state index in [0.29, 0.717) is 0 Å². The molecular weight excluding hydrogens is 378 g/mol. The van der Waals surface area contributed by atoms with Crippen LogP contribution >= 0.6 is 11.3 Å². The Kier molecular flexibility index (Phi) is 5.60. The second kappa shape index (κ2) is 8.49. The largest absolute Gasteiger partial charge is 0.495 e. The number of rotatable bonds is 6. The Balaban J connectivity index is 1.49. The summed E-state index contributed by atoms with van der Waals surface area (Å²) in [6.45, 7) is 4.51. The molecule has 0 amide bonds. The minimum absolute atomic E-state index is 0.776. The first-order valence-corrected chi connectivity index (χ1v) is 12.0. The van der Waals surface area contributed by atoms with E-state index in [1.807, 2.05) is 0 Å². The molecule has 0 unspecified atom stereocenters. The van der Waals surface area contributed by atoms with Crippen LogP contribution in [0.4, 0.5) is 0 Å². The van der Waals surface area contributed by atoms with E-state index < -0.39 is 0 Å². The molecule has 0 bridgehead atoms. The Morgan fingerprint density at radius 3 is 2.72 bits per heavy atom. The van der Waals surface area contributed by atoms with Gasteiger partial charge < -0.3 is 9.30 Å². The lowest BCUT2D eigenvalue weighted by atomic mass is 9.89. The molecule has 1 saturated heterocycles. The fourth-order valence-corrected chi connectivity index (χ4v) is 5.96. The summed E-state index contributed by atoms with van der Waals surface area (Å²) in [5.74, 6) is 1.75. The van der Waals surface area contributed by atoms with Gasteiger partial charge >= 0.3 is 0 Å². The normalized spacial score (nSPS) is 18.7. The van der Waals surface area contributed by atoms with Crippen molar-refractivity contribution in [2.24, 2.45) is 5.92 Å². The molecule has 1 aliphatic carbocycles. The van der Waals surface area contributed by atoms with Crippen LogP contribution < -0.4 is 4.74 Å². The smallest absolute Gasteiger partial charge is 0.143 e. The van der Waals surface area contributed by atoms with Crippen LogP contribution in [0.2, 0.25) is 0 Å². The average Bonchev–Trinajstić information content (AvgIpc) is 3.50. The zero-order chi connectivity index (χ0) is 19.6. The third-order valence-corrected chi connectivity index (χ3v) is 7.48. The van der Waals surface area contributed by atoms with E-state index in [1.54, 1.807) is 18.4 Å². The summed E-state index contributed by atoms with van der Waals surface area (Å²) >= 11 is 1.80. The lowest BCUT2D eigenvalue weighted by Crippen LogP contribution is -2.18. The summed E-state index contributed by atoms with van der Waals surface area (Å²) in [7, 11) is 1.78. The van der Waals surface area contributed by atoms with Crippen LogP contribution in [-0.2, 0) is 13.1 Å². The molecule has 1 saturated carbocycles. The molecule has 4 nitrogen and oxygen atoms in total. The minimum Gasteiger partial charge on any atom is -0.495 e. The molecule has 1 aliphatic heterocycles. The molecule has 3 heterocycles. The number of ether oxygens (including phenoxy) is 1. The number of nitrogens with zero attached hydrogens (tertiary/aromatic N) is 3. The number of benzene rings is 1. The van der Waals surface area contributed by atoms with Gasteiger partial charge in [0.05, 0.1) is 24.9 Å². The molecule has 29 heavy (non-hydrogen) atoms. The van der Waals surface area contributed by atoms with Crippen molar-refractivity contribution >= 4 is 22.2 Å². The highest BCUT2D eigenvalue weighted by atomic mass is 32.1. The standard InChI is InChI=1S/C24H31N3OS/c1-28-22-11-7-10-19-20(15-27(24(19)22)14-18-8-3-2-4-9-18)21-17-29-23(25-21)16-26-12-5-6-13-26/h7,10-11,15,17-18H,2-6,8-9,12-14,16H2,1H3. The Bertz CT molecular complexity index is 964. The van der Waals surface area contributed by atoms with Crippen molar-refractivity contribution < 1.29 is 4.74 Å². The number of likely N-dealkylation sites (tertiary alicyclic amines) is 1. The third kappa shape index (κ3) is 3.95. The number of methoxy groups -OCH3 is 1. The zero-order valence-corrected chi connectivity index (χ0v) is 18.2. The number of para-hydroxylation sites is 1. The van der Waals surface area contributed by atoms with Crippen LogP contribution in [0.15, 0.2) is 29.8 Å². The molecule has 0 N–H and O–H groups in total. The SMILES string of the molecule is COc1cccc2c(-c3csc(CN4CCCC4)n3)cn(CC3CCCCC3)c12. The number of fused-ring (bicyclic) bond motifs is 1. The molecule has 0 spiro atoms. The van der Waals surface area contributed by atoms with E-state index in [-0.39, 0.29) is 0 Å². The molecule has 2 aromatic heterocycles. The predicted molar refractivity (Wildman–Crippen MR) is 121 cm³/mol. The molecule has 154 valence electrons. The van der Waals surface area contributed by atoms with Crippen molar-refractivity contribution in [2.45, 2.75) is 58.0 Å². The molecule has 5 rings (SSSR count). The van der Waals surface area contributed by atoms with E-state index in [9.17, 15) is 0 Å². The molecule has 0 atom stereocenters. The zero-order valence-electron chi connectivity index (χ0n) is 17.4. The summed E-state index contributed by atoms with van der Waals surface area (Å²) < 4.78 is 8.20. The maximum Gasteiger partial charge on any atom is 0.143 e. The van der Waals surface area contributed by atoms with Gasteiger partial charge in [-0.1, -0.05) is 31.4 Å². The van der Waals surface area contributed by atoms with E-state index in [4.69, 9.17) is 9.72 Å². The highest BCUT2D eigenvalue weighted by Gasteiger charge is 2.21. The summed E-state index contributed by atoms with van der Waals surface area (Å²) in [5, 5.41) is 4.74. The second-order valence-electron chi connectivity index (χ2n) is 8.67. The Morgan fingerprint density at radius 1 is 1.10 bits per heavy atom. The van der Waals surface area contributed by atoms with Gasteiger partial charge in [-0.05, 0) is 50.8 Å².